The quantitative estimate of drug-likeness (QED) is 0.431. The first-order valence-corrected chi connectivity index (χ1v) is 10.2. The van der Waals surface area contributed by atoms with Crippen LogP contribution in [0, 0.1) is 18.3 Å². The number of alkyl halides is 3. The number of pyridine rings is 1. The van der Waals surface area contributed by atoms with Crippen LogP contribution in [0.3, 0.4) is 0 Å². The lowest BCUT2D eigenvalue weighted by atomic mass is 10.1. The van der Waals surface area contributed by atoms with Crippen LogP contribution in [0.15, 0.2) is 67.0 Å². The summed E-state index contributed by atoms with van der Waals surface area (Å²) < 4.78 is 45.0. The Morgan fingerprint density at radius 3 is 2.69 bits per heavy atom. The number of halogens is 3. The van der Waals surface area contributed by atoms with Crippen molar-refractivity contribution >= 4 is 11.6 Å². The molecule has 0 radical (unpaired) electrons. The fourth-order valence-electron chi connectivity index (χ4n) is 3.12. The minimum atomic E-state index is -4.50. The number of benzene rings is 2. The molecule has 0 bridgehead atoms. The maximum Gasteiger partial charge on any atom is 0.417 e. The molecule has 176 valence electrons. The maximum absolute atomic E-state index is 12.7. The summed E-state index contributed by atoms with van der Waals surface area (Å²) in [5.74, 6) is 0.123. The lowest BCUT2D eigenvalue weighted by Crippen LogP contribution is -2.13. The Bertz CT molecular complexity index is 1410. The molecule has 0 saturated carbocycles. The molecule has 2 aromatic carbocycles. The number of carbonyl (C=O) groups excluding carboxylic acids is 1. The van der Waals surface area contributed by atoms with Gasteiger partial charge in [0.05, 0.1) is 23.4 Å². The molecule has 1 amide bonds. The van der Waals surface area contributed by atoms with Crippen molar-refractivity contribution in [3.05, 3.63) is 94.9 Å². The number of nitrogens with one attached hydrogen (secondary N) is 1. The van der Waals surface area contributed by atoms with Crippen LogP contribution in [-0.4, -0.2) is 25.9 Å². The Labute approximate surface area is 197 Å². The van der Waals surface area contributed by atoms with Crippen molar-refractivity contribution in [1.29, 1.82) is 5.26 Å². The molecule has 0 aliphatic heterocycles. The number of aryl methyl sites for hydroxylation is 1. The first-order valence-electron chi connectivity index (χ1n) is 10.2. The van der Waals surface area contributed by atoms with Gasteiger partial charge in [0.2, 0.25) is 0 Å². The van der Waals surface area contributed by atoms with E-state index >= 15 is 0 Å². The number of ether oxygens (including phenoxy) is 1. The minimum absolute atomic E-state index is 0.0381. The standard InChI is InChI=1S/C24H17F3N6O2/c1-15-9-19(35-14-17-4-2-3-16(10-17)11-28)6-7-20(15)30-23(34)21-13-33(32-31-21)22-8-5-18(12-29-22)24(25,26)27/h2-10,12-13H,14H2,1H3,(H,30,34). The molecule has 0 unspecified atom stereocenters. The van der Waals surface area contributed by atoms with E-state index in [0.29, 0.717) is 23.2 Å². The molecule has 4 rings (SSSR count). The van der Waals surface area contributed by atoms with Gasteiger partial charge in [-0.05, 0) is 60.5 Å². The lowest BCUT2D eigenvalue weighted by molar-refractivity contribution is -0.137. The van der Waals surface area contributed by atoms with Crippen molar-refractivity contribution in [2.24, 2.45) is 0 Å². The molecule has 0 spiro atoms. The molecule has 2 aromatic heterocycles. The van der Waals surface area contributed by atoms with Gasteiger partial charge in [-0.3, -0.25) is 4.79 Å². The van der Waals surface area contributed by atoms with E-state index in [1.54, 1.807) is 43.3 Å². The van der Waals surface area contributed by atoms with Gasteiger partial charge in [0, 0.05) is 11.9 Å². The van der Waals surface area contributed by atoms with E-state index in [0.717, 1.165) is 27.9 Å². The molecule has 0 saturated heterocycles. The molecule has 1 N–H and O–H groups in total. The molecule has 0 aliphatic rings. The van der Waals surface area contributed by atoms with Gasteiger partial charge in [-0.25, -0.2) is 9.67 Å². The average Bonchev–Trinajstić information content (AvgIpc) is 3.34. The van der Waals surface area contributed by atoms with Gasteiger partial charge >= 0.3 is 6.18 Å². The molecular formula is C24H17F3N6O2. The number of nitriles is 1. The van der Waals surface area contributed by atoms with Crippen LogP contribution in [0.4, 0.5) is 18.9 Å². The van der Waals surface area contributed by atoms with Gasteiger partial charge < -0.3 is 10.1 Å². The molecule has 0 fully saturated rings. The zero-order chi connectivity index (χ0) is 25.0. The van der Waals surface area contributed by atoms with Gasteiger partial charge in [0.25, 0.3) is 5.91 Å². The number of carbonyl (C=O) groups is 1. The topological polar surface area (TPSA) is 106 Å². The van der Waals surface area contributed by atoms with Gasteiger partial charge in [-0.15, -0.1) is 5.10 Å². The molecule has 8 nitrogen and oxygen atoms in total. The van der Waals surface area contributed by atoms with E-state index in [9.17, 15) is 18.0 Å². The van der Waals surface area contributed by atoms with E-state index in [1.807, 2.05) is 6.07 Å². The second kappa shape index (κ2) is 9.64. The molecule has 0 atom stereocenters. The largest absolute Gasteiger partial charge is 0.489 e. The van der Waals surface area contributed by atoms with Crippen molar-refractivity contribution in [1.82, 2.24) is 20.0 Å². The summed E-state index contributed by atoms with van der Waals surface area (Å²) in [7, 11) is 0. The van der Waals surface area contributed by atoms with Crippen molar-refractivity contribution in [3.63, 3.8) is 0 Å². The van der Waals surface area contributed by atoms with Gasteiger partial charge in [0.1, 0.15) is 12.4 Å². The Hall–Kier alpha value is -4.72. The maximum atomic E-state index is 12.7. The molecule has 35 heavy (non-hydrogen) atoms. The molecular weight excluding hydrogens is 461 g/mol. The summed E-state index contributed by atoms with van der Waals surface area (Å²) in [5, 5.41) is 19.3. The number of rotatable bonds is 6. The minimum Gasteiger partial charge on any atom is -0.489 e. The Morgan fingerprint density at radius 1 is 1.17 bits per heavy atom. The summed E-state index contributed by atoms with van der Waals surface area (Å²) >= 11 is 0. The van der Waals surface area contributed by atoms with Crippen LogP contribution < -0.4 is 10.1 Å². The zero-order valence-corrected chi connectivity index (χ0v) is 18.2. The second-order valence-corrected chi connectivity index (χ2v) is 7.48. The summed E-state index contributed by atoms with van der Waals surface area (Å²) in [6.45, 7) is 2.07. The molecule has 4 aromatic rings. The third-order valence-corrected chi connectivity index (χ3v) is 4.94. The molecule has 0 aliphatic carbocycles. The fraction of sp³-hybridized carbons (Fsp3) is 0.125. The highest BCUT2D eigenvalue weighted by Crippen LogP contribution is 2.28. The third-order valence-electron chi connectivity index (χ3n) is 4.94. The molecule has 2 heterocycles. The third kappa shape index (κ3) is 5.62. The van der Waals surface area contributed by atoms with E-state index in [-0.39, 0.29) is 18.1 Å². The number of amides is 1. The monoisotopic (exact) mass is 478 g/mol. The van der Waals surface area contributed by atoms with E-state index in [4.69, 9.17) is 10.00 Å². The van der Waals surface area contributed by atoms with Crippen LogP contribution in [0.25, 0.3) is 5.82 Å². The van der Waals surface area contributed by atoms with Crippen molar-refractivity contribution in [2.45, 2.75) is 19.7 Å². The van der Waals surface area contributed by atoms with E-state index < -0.39 is 17.6 Å². The summed E-state index contributed by atoms with van der Waals surface area (Å²) in [6, 6.07) is 16.3. The van der Waals surface area contributed by atoms with Gasteiger partial charge in [-0.1, -0.05) is 17.3 Å². The first kappa shape index (κ1) is 23.4. The second-order valence-electron chi connectivity index (χ2n) is 7.48. The van der Waals surface area contributed by atoms with Crippen LogP contribution in [0.5, 0.6) is 5.75 Å². The predicted octanol–water partition coefficient (Wildman–Crippen LogP) is 4.69. The fourth-order valence-corrected chi connectivity index (χ4v) is 3.12. The smallest absolute Gasteiger partial charge is 0.417 e. The Balaban J connectivity index is 1.40. The Morgan fingerprint density at radius 2 is 2.00 bits per heavy atom. The van der Waals surface area contributed by atoms with Crippen LogP contribution in [-0.2, 0) is 12.8 Å². The van der Waals surface area contributed by atoms with Gasteiger partial charge in [-0.2, -0.15) is 18.4 Å². The van der Waals surface area contributed by atoms with E-state index in [2.05, 4.69) is 26.7 Å². The number of anilines is 1. The van der Waals surface area contributed by atoms with Crippen molar-refractivity contribution in [2.75, 3.05) is 5.32 Å². The lowest BCUT2D eigenvalue weighted by Gasteiger charge is -2.11. The number of hydrogen-bond acceptors (Lipinski definition) is 6. The van der Waals surface area contributed by atoms with Crippen LogP contribution in [0.1, 0.15) is 32.7 Å². The van der Waals surface area contributed by atoms with E-state index in [1.165, 1.54) is 6.20 Å². The summed E-state index contributed by atoms with van der Waals surface area (Å²) in [6.07, 6.45) is -2.54. The highest BCUT2D eigenvalue weighted by molar-refractivity contribution is 6.03. The van der Waals surface area contributed by atoms with Crippen molar-refractivity contribution < 1.29 is 22.7 Å². The highest BCUT2D eigenvalue weighted by Gasteiger charge is 2.30. The Kier molecular flexibility index (Phi) is 6.46. The average molecular weight is 478 g/mol. The normalized spacial score (nSPS) is 11.1. The highest BCUT2D eigenvalue weighted by atomic mass is 19.4. The number of aromatic nitrogens is 4. The van der Waals surface area contributed by atoms with Crippen LogP contribution in [0.2, 0.25) is 0 Å². The predicted molar refractivity (Wildman–Crippen MR) is 119 cm³/mol. The number of nitrogens with zero attached hydrogens (tertiary/aromatic N) is 5. The van der Waals surface area contributed by atoms with Crippen LogP contribution >= 0.6 is 0 Å². The SMILES string of the molecule is Cc1cc(OCc2cccc(C#N)c2)ccc1NC(=O)c1cn(-c2ccc(C(F)(F)F)cn2)nn1. The zero-order valence-electron chi connectivity index (χ0n) is 18.2. The summed E-state index contributed by atoms with van der Waals surface area (Å²) in [5.41, 5.74) is 1.73. The summed E-state index contributed by atoms with van der Waals surface area (Å²) in [4.78, 5) is 16.3. The van der Waals surface area contributed by atoms with Gasteiger partial charge in [0.15, 0.2) is 11.5 Å². The first-order chi connectivity index (χ1) is 16.7. The van der Waals surface area contributed by atoms with Crippen molar-refractivity contribution in [3.8, 4) is 17.6 Å². The molecule has 11 heteroatoms. The number of hydrogen-bond donors (Lipinski definition) is 1.